The molecule has 0 aliphatic carbocycles. The predicted molar refractivity (Wildman–Crippen MR) is 65.8 cm³/mol. The van der Waals surface area contributed by atoms with Crippen LogP contribution in [0.1, 0.15) is 17.4 Å². The molecule has 0 heterocycles. The molecule has 0 saturated heterocycles. The molecule has 0 fully saturated rings. The third kappa shape index (κ3) is 3.67. The fourth-order valence-electron chi connectivity index (χ4n) is 1.48. The fraction of sp³-hybridized carbons (Fsp3) is 0.143. The minimum Gasteiger partial charge on any atom is -0.372 e. The first kappa shape index (κ1) is 11.8. The summed E-state index contributed by atoms with van der Waals surface area (Å²) in [5.41, 5.74) is 4.44. The van der Waals surface area contributed by atoms with Crippen molar-refractivity contribution in [2.45, 2.75) is 12.8 Å². The van der Waals surface area contributed by atoms with Crippen molar-refractivity contribution in [3.05, 3.63) is 71.8 Å². The zero-order valence-electron chi connectivity index (χ0n) is 9.41. The highest BCUT2D eigenvalue weighted by Crippen LogP contribution is 2.09. The van der Waals surface area contributed by atoms with E-state index in [4.69, 9.17) is 4.84 Å². The second kappa shape index (κ2) is 6.15. The summed E-state index contributed by atoms with van der Waals surface area (Å²) in [6.07, 6.45) is -0.806. The van der Waals surface area contributed by atoms with Gasteiger partial charge in [0.15, 0.2) is 6.23 Å². The maximum atomic E-state index is 9.76. The molecule has 2 N–H and O–H groups in total. The van der Waals surface area contributed by atoms with Gasteiger partial charge in [-0.25, -0.2) is 0 Å². The summed E-state index contributed by atoms with van der Waals surface area (Å²) >= 11 is 0. The van der Waals surface area contributed by atoms with Crippen LogP contribution < -0.4 is 5.48 Å². The number of benzene rings is 2. The van der Waals surface area contributed by atoms with E-state index in [0.29, 0.717) is 6.61 Å². The van der Waals surface area contributed by atoms with Gasteiger partial charge in [-0.05, 0) is 11.1 Å². The molecule has 0 bridgehead atoms. The lowest BCUT2D eigenvalue weighted by Crippen LogP contribution is -2.21. The van der Waals surface area contributed by atoms with Gasteiger partial charge in [0.2, 0.25) is 0 Å². The maximum absolute atomic E-state index is 9.76. The maximum Gasteiger partial charge on any atom is 0.152 e. The first-order valence-electron chi connectivity index (χ1n) is 5.50. The molecule has 17 heavy (non-hydrogen) atoms. The van der Waals surface area contributed by atoms with Crippen LogP contribution in [0.4, 0.5) is 0 Å². The van der Waals surface area contributed by atoms with Crippen LogP contribution >= 0.6 is 0 Å². The van der Waals surface area contributed by atoms with Crippen LogP contribution in [0.15, 0.2) is 60.7 Å². The van der Waals surface area contributed by atoms with Crippen LogP contribution in [0.2, 0.25) is 0 Å². The van der Waals surface area contributed by atoms with E-state index in [1.54, 1.807) is 0 Å². The first-order chi connectivity index (χ1) is 8.36. The average Bonchev–Trinajstić information content (AvgIpc) is 2.41. The molecule has 0 aliphatic rings. The van der Waals surface area contributed by atoms with E-state index in [-0.39, 0.29) is 0 Å². The zero-order chi connectivity index (χ0) is 11.9. The SMILES string of the molecule is OC(NOCc1ccccc1)c1ccccc1. The highest BCUT2D eigenvalue weighted by atomic mass is 16.7. The molecule has 0 aromatic heterocycles. The Balaban J connectivity index is 1.79. The number of hydrogen-bond acceptors (Lipinski definition) is 3. The van der Waals surface area contributed by atoms with Gasteiger partial charge in [0.25, 0.3) is 0 Å². The van der Waals surface area contributed by atoms with E-state index in [9.17, 15) is 5.11 Å². The summed E-state index contributed by atoms with van der Waals surface area (Å²) in [5, 5.41) is 9.76. The van der Waals surface area contributed by atoms with Crippen molar-refractivity contribution in [1.29, 1.82) is 0 Å². The largest absolute Gasteiger partial charge is 0.372 e. The van der Waals surface area contributed by atoms with Crippen molar-refractivity contribution in [2.24, 2.45) is 0 Å². The molecule has 3 nitrogen and oxygen atoms in total. The van der Waals surface area contributed by atoms with Gasteiger partial charge in [-0.2, -0.15) is 5.48 Å². The molecular weight excluding hydrogens is 214 g/mol. The lowest BCUT2D eigenvalue weighted by molar-refractivity contribution is -0.0672. The number of aliphatic hydroxyl groups is 1. The van der Waals surface area contributed by atoms with Gasteiger partial charge in [0.1, 0.15) is 0 Å². The van der Waals surface area contributed by atoms with Gasteiger partial charge in [-0.1, -0.05) is 60.7 Å². The quantitative estimate of drug-likeness (QED) is 0.611. The summed E-state index contributed by atoms with van der Waals surface area (Å²) in [5.74, 6) is 0. The van der Waals surface area contributed by atoms with Crippen LogP contribution in [0.3, 0.4) is 0 Å². The van der Waals surface area contributed by atoms with Crippen LogP contribution in [0.25, 0.3) is 0 Å². The monoisotopic (exact) mass is 229 g/mol. The van der Waals surface area contributed by atoms with Gasteiger partial charge in [-0.15, -0.1) is 0 Å². The standard InChI is InChI=1S/C14H15NO2/c16-14(13-9-5-2-6-10-13)15-17-11-12-7-3-1-4-8-12/h1-10,14-16H,11H2. The number of aliphatic hydroxyl groups excluding tert-OH is 1. The minimum atomic E-state index is -0.806. The fourth-order valence-corrected chi connectivity index (χ4v) is 1.48. The van der Waals surface area contributed by atoms with E-state index in [0.717, 1.165) is 11.1 Å². The number of rotatable bonds is 5. The molecule has 0 saturated carbocycles. The molecule has 0 radical (unpaired) electrons. The van der Waals surface area contributed by atoms with E-state index in [2.05, 4.69) is 5.48 Å². The van der Waals surface area contributed by atoms with Crippen LogP contribution in [0.5, 0.6) is 0 Å². The Hall–Kier alpha value is -1.68. The summed E-state index contributed by atoms with van der Waals surface area (Å²) < 4.78 is 0. The van der Waals surface area contributed by atoms with E-state index in [1.165, 1.54) is 0 Å². The van der Waals surface area contributed by atoms with Crippen molar-refractivity contribution in [3.63, 3.8) is 0 Å². The van der Waals surface area contributed by atoms with Gasteiger partial charge >= 0.3 is 0 Å². The number of nitrogens with one attached hydrogen (secondary N) is 1. The van der Waals surface area contributed by atoms with E-state index < -0.39 is 6.23 Å². The molecule has 0 aliphatic heterocycles. The van der Waals surface area contributed by atoms with Crippen molar-refractivity contribution in [3.8, 4) is 0 Å². The normalized spacial score (nSPS) is 12.3. The summed E-state index contributed by atoms with van der Waals surface area (Å²) in [4.78, 5) is 5.24. The molecule has 3 heteroatoms. The predicted octanol–water partition coefficient (Wildman–Crippen LogP) is 2.40. The molecule has 88 valence electrons. The Morgan fingerprint density at radius 3 is 2.18 bits per heavy atom. The Morgan fingerprint density at radius 1 is 0.941 bits per heavy atom. The highest BCUT2D eigenvalue weighted by molar-refractivity contribution is 5.16. The lowest BCUT2D eigenvalue weighted by Gasteiger charge is -2.12. The molecule has 1 unspecified atom stereocenters. The lowest BCUT2D eigenvalue weighted by atomic mass is 10.2. The Kier molecular flexibility index (Phi) is 4.27. The van der Waals surface area contributed by atoms with E-state index >= 15 is 0 Å². The van der Waals surface area contributed by atoms with Crippen molar-refractivity contribution in [1.82, 2.24) is 5.48 Å². The van der Waals surface area contributed by atoms with Crippen LogP contribution in [0, 0.1) is 0 Å². The number of hydroxylamine groups is 1. The summed E-state index contributed by atoms with van der Waals surface area (Å²) in [7, 11) is 0. The van der Waals surface area contributed by atoms with Gasteiger partial charge < -0.3 is 5.11 Å². The summed E-state index contributed by atoms with van der Waals surface area (Å²) in [6, 6.07) is 19.1. The smallest absolute Gasteiger partial charge is 0.152 e. The van der Waals surface area contributed by atoms with Gasteiger partial charge in [0, 0.05) is 0 Å². The second-order valence-corrected chi connectivity index (χ2v) is 3.71. The van der Waals surface area contributed by atoms with Gasteiger partial charge in [-0.3, -0.25) is 4.84 Å². The Labute approximate surface area is 101 Å². The molecule has 2 aromatic rings. The first-order valence-corrected chi connectivity index (χ1v) is 5.50. The van der Waals surface area contributed by atoms with Gasteiger partial charge in [0.05, 0.1) is 6.61 Å². The topological polar surface area (TPSA) is 41.5 Å². The van der Waals surface area contributed by atoms with Crippen molar-refractivity contribution < 1.29 is 9.94 Å². The van der Waals surface area contributed by atoms with E-state index in [1.807, 2.05) is 60.7 Å². The third-order valence-electron chi connectivity index (χ3n) is 2.39. The number of hydrogen-bond donors (Lipinski definition) is 2. The van der Waals surface area contributed by atoms with Crippen molar-refractivity contribution in [2.75, 3.05) is 0 Å². The Morgan fingerprint density at radius 2 is 1.53 bits per heavy atom. The minimum absolute atomic E-state index is 0.421. The second-order valence-electron chi connectivity index (χ2n) is 3.71. The molecule has 0 spiro atoms. The molecule has 2 aromatic carbocycles. The third-order valence-corrected chi connectivity index (χ3v) is 2.39. The molecule has 0 amide bonds. The van der Waals surface area contributed by atoms with Crippen LogP contribution in [-0.2, 0) is 11.4 Å². The molecular formula is C14H15NO2. The molecule has 1 atom stereocenters. The zero-order valence-corrected chi connectivity index (χ0v) is 9.41. The van der Waals surface area contributed by atoms with Crippen molar-refractivity contribution >= 4 is 0 Å². The van der Waals surface area contributed by atoms with Crippen LogP contribution in [-0.4, -0.2) is 5.11 Å². The summed E-state index contributed by atoms with van der Waals surface area (Å²) in [6.45, 7) is 0.421. The average molecular weight is 229 g/mol. The molecule has 2 rings (SSSR count). The Bertz CT molecular complexity index is 430. The highest BCUT2D eigenvalue weighted by Gasteiger charge is 2.05.